The third-order valence-electron chi connectivity index (χ3n) is 2.43. The van der Waals surface area contributed by atoms with Gasteiger partial charge in [0.15, 0.2) is 0 Å². The highest BCUT2D eigenvalue weighted by Gasteiger charge is 2.15. The van der Waals surface area contributed by atoms with Crippen molar-refractivity contribution in [1.29, 1.82) is 0 Å². The van der Waals surface area contributed by atoms with E-state index in [9.17, 15) is 4.79 Å². The maximum absolute atomic E-state index is 10.7. The summed E-state index contributed by atoms with van der Waals surface area (Å²) in [7, 11) is 1.82. The van der Waals surface area contributed by atoms with Gasteiger partial charge in [0.05, 0.1) is 0 Å². The summed E-state index contributed by atoms with van der Waals surface area (Å²) in [5, 5.41) is 8.76. The van der Waals surface area contributed by atoms with E-state index in [2.05, 4.69) is 4.98 Å². The van der Waals surface area contributed by atoms with E-state index in [0.717, 1.165) is 13.0 Å². The molecule has 0 saturated heterocycles. The molecule has 4 nitrogen and oxygen atoms in total. The van der Waals surface area contributed by atoms with Crippen LogP contribution in [0.4, 0.5) is 0 Å². The number of aliphatic carboxylic acids is 1. The number of nitrogens with one attached hydrogen (secondary N) is 1. The van der Waals surface area contributed by atoms with Gasteiger partial charge in [-0.25, -0.2) is 0 Å². The molecule has 1 rings (SSSR count). The Morgan fingerprint density at radius 2 is 2.43 bits per heavy atom. The second-order valence-corrected chi connectivity index (χ2v) is 3.46. The van der Waals surface area contributed by atoms with E-state index >= 15 is 0 Å². The molecule has 0 spiro atoms. The second-order valence-electron chi connectivity index (χ2n) is 3.46. The maximum atomic E-state index is 10.7. The number of hydrogen-bond acceptors (Lipinski definition) is 2. The SMILES string of the molecule is CC(C(=O)O)N(C)CCc1cc[nH]c1. The molecule has 0 fully saturated rings. The third-order valence-corrected chi connectivity index (χ3v) is 2.43. The van der Waals surface area contributed by atoms with Crippen LogP contribution in [0.25, 0.3) is 0 Å². The van der Waals surface area contributed by atoms with Crippen LogP contribution in [-0.4, -0.2) is 40.6 Å². The molecule has 0 aromatic carbocycles. The fraction of sp³-hybridized carbons (Fsp3) is 0.500. The van der Waals surface area contributed by atoms with E-state index in [4.69, 9.17) is 5.11 Å². The van der Waals surface area contributed by atoms with Crippen molar-refractivity contribution in [2.45, 2.75) is 19.4 Å². The van der Waals surface area contributed by atoms with Crippen molar-refractivity contribution in [3.05, 3.63) is 24.0 Å². The summed E-state index contributed by atoms with van der Waals surface area (Å²) < 4.78 is 0. The van der Waals surface area contributed by atoms with Gasteiger partial charge < -0.3 is 10.1 Å². The molecule has 0 aliphatic rings. The van der Waals surface area contributed by atoms with Gasteiger partial charge in [-0.15, -0.1) is 0 Å². The van der Waals surface area contributed by atoms with Gasteiger partial charge in [0.25, 0.3) is 0 Å². The number of nitrogens with zero attached hydrogens (tertiary/aromatic N) is 1. The van der Waals surface area contributed by atoms with E-state index in [1.807, 2.05) is 30.4 Å². The number of carboxylic acids is 1. The fourth-order valence-corrected chi connectivity index (χ4v) is 1.20. The largest absolute Gasteiger partial charge is 0.480 e. The first-order chi connectivity index (χ1) is 6.61. The minimum atomic E-state index is -0.776. The van der Waals surface area contributed by atoms with E-state index in [1.54, 1.807) is 6.92 Å². The molecule has 0 amide bonds. The van der Waals surface area contributed by atoms with Crippen LogP contribution in [0.3, 0.4) is 0 Å². The van der Waals surface area contributed by atoms with Gasteiger partial charge in [-0.3, -0.25) is 9.69 Å². The molecule has 0 bridgehead atoms. The van der Waals surface area contributed by atoms with Crippen molar-refractivity contribution in [1.82, 2.24) is 9.88 Å². The molecule has 1 heterocycles. The molecule has 1 aromatic heterocycles. The summed E-state index contributed by atoms with van der Waals surface area (Å²) in [5.41, 5.74) is 1.20. The summed E-state index contributed by atoms with van der Waals surface area (Å²) in [5.74, 6) is -0.776. The van der Waals surface area contributed by atoms with Crippen molar-refractivity contribution < 1.29 is 9.90 Å². The van der Waals surface area contributed by atoms with Crippen molar-refractivity contribution in [3.63, 3.8) is 0 Å². The van der Waals surface area contributed by atoms with Crippen LogP contribution in [0.15, 0.2) is 18.5 Å². The van der Waals surface area contributed by atoms with E-state index in [1.165, 1.54) is 5.56 Å². The van der Waals surface area contributed by atoms with Crippen LogP contribution in [0.2, 0.25) is 0 Å². The Labute approximate surface area is 83.5 Å². The van der Waals surface area contributed by atoms with Gasteiger partial charge in [-0.2, -0.15) is 0 Å². The molecular weight excluding hydrogens is 180 g/mol. The lowest BCUT2D eigenvalue weighted by molar-refractivity contribution is -0.142. The second kappa shape index (κ2) is 4.81. The summed E-state index contributed by atoms with van der Waals surface area (Å²) in [6.07, 6.45) is 4.67. The zero-order valence-corrected chi connectivity index (χ0v) is 8.53. The van der Waals surface area contributed by atoms with Gasteiger partial charge in [0.2, 0.25) is 0 Å². The number of likely N-dealkylation sites (N-methyl/N-ethyl adjacent to an activating group) is 1. The zero-order chi connectivity index (χ0) is 10.6. The first-order valence-corrected chi connectivity index (χ1v) is 4.66. The average molecular weight is 196 g/mol. The Morgan fingerprint density at radius 1 is 1.71 bits per heavy atom. The smallest absolute Gasteiger partial charge is 0.320 e. The van der Waals surface area contributed by atoms with E-state index in [-0.39, 0.29) is 0 Å². The zero-order valence-electron chi connectivity index (χ0n) is 8.53. The van der Waals surface area contributed by atoms with Gasteiger partial charge in [-0.1, -0.05) is 0 Å². The normalized spacial score (nSPS) is 13.1. The molecule has 0 aliphatic carbocycles. The Balaban J connectivity index is 2.34. The summed E-state index contributed by atoms with van der Waals surface area (Å²) in [4.78, 5) is 15.5. The predicted molar refractivity (Wildman–Crippen MR) is 54.2 cm³/mol. The summed E-state index contributed by atoms with van der Waals surface area (Å²) in [6, 6.07) is 1.58. The maximum Gasteiger partial charge on any atom is 0.320 e. The highest BCUT2D eigenvalue weighted by atomic mass is 16.4. The van der Waals surface area contributed by atoms with E-state index in [0.29, 0.717) is 0 Å². The van der Waals surface area contributed by atoms with Crippen LogP contribution in [0.5, 0.6) is 0 Å². The van der Waals surface area contributed by atoms with Crippen LogP contribution < -0.4 is 0 Å². The topological polar surface area (TPSA) is 56.3 Å². The van der Waals surface area contributed by atoms with Crippen molar-refractivity contribution in [2.24, 2.45) is 0 Å². The van der Waals surface area contributed by atoms with Crippen molar-refractivity contribution in [2.75, 3.05) is 13.6 Å². The number of aromatic nitrogens is 1. The molecule has 0 aliphatic heterocycles. The van der Waals surface area contributed by atoms with Crippen molar-refractivity contribution >= 4 is 5.97 Å². The van der Waals surface area contributed by atoms with Gasteiger partial charge in [0, 0.05) is 18.9 Å². The van der Waals surface area contributed by atoms with Crippen LogP contribution >= 0.6 is 0 Å². The number of H-pyrrole nitrogens is 1. The number of carbonyl (C=O) groups is 1. The molecule has 78 valence electrons. The molecular formula is C10H16N2O2. The molecule has 1 aromatic rings. The molecule has 1 atom stereocenters. The Bertz CT molecular complexity index is 282. The Morgan fingerprint density at radius 3 is 2.93 bits per heavy atom. The first-order valence-electron chi connectivity index (χ1n) is 4.66. The van der Waals surface area contributed by atoms with Gasteiger partial charge in [0.1, 0.15) is 6.04 Å². The number of rotatable bonds is 5. The van der Waals surface area contributed by atoms with Crippen LogP contribution in [0.1, 0.15) is 12.5 Å². The first kappa shape index (κ1) is 10.8. The lowest BCUT2D eigenvalue weighted by Gasteiger charge is -2.20. The lowest BCUT2D eigenvalue weighted by atomic mass is 10.2. The summed E-state index contributed by atoms with van der Waals surface area (Å²) >= 11 is 0. The molecule has 14 heavy (non-hydrogen) atoms. The minimum absolute atomic E-state index is 0.422. The molecule has 2 N–H and O–H groups in total. The van der Waals surface area contributed by atoms with E-state index < -0.39 is 12.0 Å². The number of aromatic amines is 1. The van der Waals surface area contributed by atoms with Crippen LogP contribution in [-0.2, 0) is 11.2 Å². The monoisotopic (exact) mass is 196 g/mol. The predicted octanol–water partition coefficient (Wildman–Crippen LogP) is 0.962. The molecule has 4 heteroatoms. The van der Waals surface area contributed by atoms with Crippen LogP contribution in [0, 0.1) is 0 Å². The Hall–Kier alpha value is -1.29. The average Bonchev–Trinajstić information content (AvgIpc) is 2.65. The Kier molecular flexibility index (Phi) is 3.71. The highest BCUT2D eigenvalue weighted by Crippen LogP contribution is 2.01. The van der Waals surface area contributed by atoms with Gasteiger partial charge in [-0.05, 0) is 32.0 Å². The number of hydrogen-bond donors (Lipinski definition) is 2. The fourth-order valence-electron chi connectivity index (χ4n) is 1.20. The molecule has 0 saturated carbocycles. The third kappa shape index (κ3) is 2.88. The standard InChI is InChI=1S/C10H16N2O2/c1-8(10(13)14)12(2)6-4-9-3-5-11-7-9/h3,5,7-8,11H,4,6H2,1-2H3,(H,13,14). The molecule has 0 radical (unpaired) electrons. The number of carboxylic acid groups (broad SMARTS) is 1. The van der Waals surface area contributed by atoms with Gasteiger partial charge >= 0.3 is 5.97 Å². The highest BCUT2D eigenvalue weighted by molar-refractivity contribution is 5.72. The summed E-state index contributed by atoms with van der Waals surface area (Å²) in [6.45, 7) is 2.45. The quantitative estimate of drug-likeness (QED) is 0.737. The van der Waals surface area contributed by atoms with Crippen molar-refractivity contribution in [3.8, 4) is 0 Å². The minimum Gasteiger partial charge on any atom is -0.480 e. The lowest BCUT2D eigenvalue weighted by Crippen LogP contribution is -2.37. The molecule has 1 unspecified atom stereocenters.